The SMILES string of the molecule is COc1ccc(N2C(=O)NC(=O)C(=Cc3ccc(OC(=O)c4ccccc4Cl)cc3)C2=O)cc1. The van der Waals surface area contributed by atoms with Gasteiger partial charge in [0.2, 0.25) is 0 Å². The van der Waals surface area contributed by atoms with Crippen molar-refractivity contribution in [3.63, 3.8) is 0 Å². The van der Waals surface area contributed by atoms with E-state index in [0.29, 0.717) is 11.3 Å². The molecule has 34 heavy (non-hydrogen) atoms. The second kappa shape index (κ2) is 9.60. The van der Waals surface area contributed by atoms with Gasteiger partial charge in [0, 0.05) is 0 Å². The molecule has 0 saturated carbocycles. The molecule has 3 aromatic rings. The van der Waals surface area contributed by atoms with Crippen LogP contribution in [0.2, 0.25) is 5.02 Å². The van der Waals surface area contributed by atoms with Crippen molar-refractivity contribution in [2.75, 3.05) is 12.0 Å². The Morgan fingerprint density at radius 2 is 1.56 bits per heavy atom. The van der Waals surface area contributed by atoms with Crippen molar-refractivity contribution >= 4 is 47.2 Å². The highest BCUT2D eigenvalue weighted by Crippen LogP contribution is 2.25. The maximum atomic E-state index is 13.0. The van der Waals surface area contributed by atoms with Crippen LogP contribution in [0.5, 0.6) is 11.5 Å². The highest BCUT2D eigenvalue weighted by Gasteiger charge is 2.36. The van der Waals surface area contributed by atoms with Gasteiger partial charge in [-0.25, -0.2) is 14.5 Å². The number of nitrogens with zero attached hydrogens (tertiary/aromatic N) is 1. The number of carbonyl (C=O) groups excluding carboxylic acids is 4. The molecule has 4 rings (SSSR count). The quantitative estimate of drug-likeness (QED) is 0.256. The van der Waals surface area contributed by atoms with Crippen molar-refractivity contribution in [1.82, 2.24) is 5.32 Å². The van der Waals surface area contributed by atoms with Gasteiger partial charge in [-0.3, -0.25) is 14.9 Å². The molecule has 1 fully saturated rings. The van der Waals surface area contributed by atoms with E-state index in [0.717, 1.165) is 4.90 Å². The number of amides is 4. The van der Waals surface area contributed by atoms with E-state index in [4.69, 9.17) is 21.1 Å². The van der Waals surface area contributed by atoms with E-state index >= 15 is 0 Å². The van der Waals surface area contributed by atoms with Crippen LogP contribution >= 0.6 is 11.6 Å². The van der Waals surface area contributed by atoms with E-state index in [1.807, 2.05) is 0 Å². The molecule has 1 aliphatic heterocycles. The largest absolute Gasteiger partial charge is 0.497 e. The average Bonchev–Trinajstić information content (AvgIpc) is 2.83. The van der Waals surface area contributed by atoms with Gasteiger partial charge in [-0.15, -0.1) is 0 Å². The predicted molar refractivity (Wildman–Crippen MR) is 125 cm³/mol. The van der Waals surface area contributed by atoms with Gasteiger partial charge in [0.15, 0.2) is 0 Å². The van der Waals surface area contributed by atoms with Gasteiger partial charge < -0.3 is 9.47 Å². The average molecular weight is 477 g/mol. The lowest BCUT2D eigenvalue weighted by Gasteiger charge is -2.26. The molecule has 170 valence electrons. The van der Waals surface area contributed by atoms with E-state index in [-0.39, 0.29) is 27.6 Å². The maximum absolute atomic E-state index is 13.0. The molecule has 8 nitrogen and oxygen atoms in total. The van der Waals surface area contributed by atoms with Gasteiger partial charge in [-0.2, -0.15) is 0 Å². The van der Waals surface area contributed by atoms with E-state index in [9.17, 15) is 19.2 Å². The number of methoxy groups -OCH3 is 1. The third-order valence-electron chi connectivity index (χ3n) is 4.93. The molecule has 0 spiro atoms. The van der Waals surface area contributed by atoms with Crippen molar-refractivity contribution in [2.45, 2.75) is 0 Å². The number of benzene rings is 3. The number of nitrogens with one attached hydrogen (secondary N) is 1. The molecule has 4 amide bonds. The summed E-state index contributed by atoms with van der Waals surface area (Å²) in [4.78, 5) is 50.8. The molecule has 1 aliphatic rings. The molecule has 9 heteroatoms. The molecular formula is C25H17ClN2O6. The summed E-state index contributed by atoms with van der Waals surface area (Å²) in [6, 6.07) is 18.1. The highest BCUT2D eigenvalue weighted by atomic mass is 35.5. The van der Waals surface area contributed by atoms with Gasteiger partial charge in [0.25, 0.3) is 11.8 Å². The van der Waals surface area contributed by atoms with Gasteiger partial charge in [-0.1, -0.05) is 35.9 Å². The molecule has 1 saturated heterocycles. The van der Waals surface area contributed by atoms with Crippen LogP contribution in [0.3, 0.4) is 0 Å². The molecule has 0 bridgehead atoms. The predicted octanol–water partition coefficient (Wildman–Crippen LogP) is 4.23. The summed E-state index contributed by atoms with van der Waals surface area (Å²) in [5.74, 6) is -1.40. The second-order valence-corrected chi connectivity index (χ2v) is 7.50. The molecule has 0 aliphatic carbocycles. The summed E-state index contributed by atoms with van der Waals surface area (Å²) in [6.45, 7) is 0. The Morgan fingerprint density at radius 3 is 2.21 bits per heavy atom. The number of anilines is 1. The summed E-state index contributed by atoms with van der Waals surface area (Å²) < 4.78 is 10.4. The molecule has 0 aromatic heterocycles. The Labute approximate surface area is 199 Å². The Morgan fingerprint density at radius 1 is 0.912 bits per heavy atom. The smallest absolute Gasteiger partial charge is 0.345 e. The number of urea groups is 1. The van der Waals surface area contributed by atoms with Crippen LogP contribution in [0, 0.1) is 0 Å². The lowest BCUT2D eigenvalue weighted by molar-refractivity contribution is -0.122. The van der Waals surface area contributed by atoms with E-state index in [1.54, 1.807) is 48.5 Å². The molecular weight excluding hydrogens is 460 g/mol. The Hall–Kier alpha value is -4.43. The summed E-state index contributed by atoms with van der Waals surface area (Å²) in [6.07, 6.45) is 1.35. The molecule has 0 atom stereocenters. The molecule has 1 heterocycles. The lowest BCUT2D eigenvalue weighted by atomic mass is 10.1. The fraction of sp³-hybridized carbons (Fsp3) is 0.0400. The molecule has 0 unspecified atom stereocenters. The summed E-state index contributed by atoms with van der Waals surface area (Å²) in [7, 11) is 1.50. The fourth-order valence-electron chi connectivity index (χ4n) is 3.21. The Bertz CT molecular complexity index is 1320. The minimum absolute atomic E-state index is 0.225. The normalized spacial score (nSPS) is 14.7. The van der Waals surface area contributed by atoms with Crippen LogP contribution in [0.4, 0.5) is 10.5 Å². The number of esters is 1. The second-order valence-electron chi connectivity index (χ2n) is 7.09. The molecule has 3 aromatic carbocycles. The zero-order valence-electron chi connectivity index (χ0n) is 17.8. The Balaban J connectivity index is 1.54. The number of barbiturate groups is 1. The van der Waals surface area contributed by atoms with Gasteiger partial charge in [0.05, 0.1) is 23.4 Å². The monoisotopic (exact) mass is 476 g/mol. The van der Waals surface area contributed by atoms with E-state index < -0.39 is 23.8 Å². The molecule has 1 N–H and O–H groups in total. The van der Waals surface area contributed by atoms with Crippen LogP contribution in [-0.2, 0) is 9.59 Å². The first-order chi connectivity index (χ1) is 16.4. The number of hydrogen-bond acceptors (Lipinski definition) is 6. The number of imide groups is 2. The highest BCUT2D eigenvalue weighted by molar-refractivity contribution is 6.39. The van der Waals surface area contributed by atoms with E-state index in [1.165, 1.54) is 37.5 Å². The van der Waals surface area contributed by atoms with Crippen molar-refractivity contribution in [3.05, 3.63) is 94.5 Å². The van der Waals surface area contributed by atoms with Crippen LogP contribution in [0.15, 0.2) is 78.4 Å². The first kappa shape index (κ1) is 22.8. The number of ether oxygens (including phenoxy) is 2. The van der Waals surface area contributed by atoms with Crippen molar-refractivity contribution in [1.29, 1.82) is 0 Å². The summed E-state index contributed by atoms with van der Waals surface area (Å²) in [5, 5.41) is 2.43. The van der Waals surface area contributed by atoms with Crippen molar-refractivity contribution in [2.24, 2.45) is 0 Å². The number of carbonyl (C=O) groups is 4. The number of hydrogen-bond donors (Lipinski definition) is 1. The van der Waals surface area contributed by atoms with Gasteiger partial charge in [0.1, 0.15) is 17.1 Å². The summed E-state index contributed by atoms with van der Waals surface area (Å²) in [5.41, 5.74) is 0.767. The van der Waals surface area contributed by atoms with Gasteiger partial charge in [-0.05, 0) is 60.2 Å². The van der Waals surface area contributed by atoms with Crippen LogP contribution in [0.25, 0.3) is 6.08 Å². The maximum Gasteiger partial charge on any atom is 0.345 e. The zero-order valence-corrected chi connectivity index (χ0v) is 18.5. The lowest BCUT2D eigenvalue weighted by Crippen LogP contribution is -2.54. The van der Waals surface area contributed by atoms with Gasteiger partial charge >= 0.3 is 12.0 Å². The zero-order chi connectivity index (χ0) is 24.2. The third kappa shape index (κ3) is 4.67. The van der Waals surface area contributed by atoms with Crippen molar-refractivity contribution in [3.8, 4) is 11.5 Å². The first-order valence-corrected chi connectivity index (χ1v) is 10.4. The number of rotatable bonds is 5. The summed E-state index contributed by atoms with van der Waals surface area (Å²) >= 11 is 6.02. The first-order valence-electron chi connectivity index (χ1n) is 9.99. The third-order valence-corrected chi connectivity index (χ3v) is 5.26. The van der Waals surface area contributed by atoms with Crippen molar-refractivity contribution < 1.29 is 28.7 Å². The van der Waals surface area contributed by atoms with Crippen LogP contribution < -0.4 is 19.7 Å². The standard InChI is InChI=1S/C25H17ClN2O6/c1-33-17-12-8-16(9-13-17)28-23(30)20(22(29)27-25(28)32)14-15-6-10-18(11-7-15)34-24(31)19-4-2-3-5-21(19)26/h2-14H,1H3,(H,27,29,32). The topological polar surface area (TPSA) is 102 Å². The number of halogens is 1. The van der Waals surface area contributed by atoms with Crippen LogP contribution in [0.1, 0.15) is 15.9 Å². The minimum atomic E-state index is -0.848. The minimum Gasteiger partial charge on any atom is -0.497 e. The fourth-order valence-corrected chi connectivity index (χ4v) is 3.42. The molecule has 0 radical (unpaired) electrons. The van der Waals surface area contributed by atoms with E-state index in [2.05, 4.69) is 5.32 Å². The van der Waals surface area contributed by atoms with Crippen LogP contribution in [-0.4, -0.2) is 30.9 Å². The Kier molecular flexibility index (Phi) is 6.42.